The second-order valence-electron chi connectivity index (χ2n) is 6.37. The molecule has 1 amide bonds. The van der Waals surface area contributed by atoms with Crippen molar-refractivity contribution in [2.45, 2.75) is 25.4 Å². The van der Waals surface area contributed by atoms with Crippen molar-refractivity contribution in [1.82, 2.24) is 4.90 Å². The lowest BCUT2D eigenvalue weighted by molar-refractivity contribution is 0.0691. The summed E-state index contributed by atoms with van der Waals surface area (Å²) in [5.74, 6) is -2.08. The molecule has 1 fully saturated rings. The Hall–Kier alpha value is -2.89. The van der Waals surface area contributed by atoms with Crippen LogP contribution in [0.3, 0.4) is 0 Å². The second-order valence-corrected chi connectivity index (χ2v) is 6.37. The van der Waals surface area contributed by atoms with Crippen molar-refractivity contribution in [2.75, 3.05) is 13.1 Å². The van der Waals surface area contributed by atoms with Gasteiger partial charge < -0.3 is 14.7 Å². The summed E-state index contributed by atoms with van der Waals surface area (Å²) in [6.45, 7) is 1.24. The summed E-state index contributed by atoms with van der Waals surface area (Å²) in [6.07, 6.45) is 1.21. The second kappa shape index (κ2) is 7.99. The van der Waals surface area contributed by atoms with Crippen LogP contribution in [0.15, 0.2) is 48.5 Å². The quantitative estimate of drug-likeness (QED) is 0.897. The third kappa shape index (κ3) is 4.20. The molecule has 0 saturated carbocycles. The number of likely N-dealkylation sites (tertiary alicyclic amines) is 1. The Labute approximate surface area is 151 Å². The number of amides is 1. The van der Waals surface area contributed by atoms with Crippen LogP contribution >= 0.6 is 0 Å². The molecular formula is C20H20FNO4. The van der Waals surface area contributed by atoms with Crippen molar-refractivity contribution < 1.29 is 23.8 Å². The topological polar surface area (TPSA) is 66.8 Å². The van der Waals surface area contributed by atoms with E-state index in [4.69, 9.17) is 9.84 Å². The van der Waals surface area contributed by atoms with Gasteiger partial charge in [0.2, 0.25) is 0 Å². The third-order valence-electron chi connectivity index (χ3n) is 4.58. The number of carbonyl (C=O) groups excluding carboxylic acids is 1. The van der Waals surface area contributed by atoms with Gasteiger partial charge >= 0.3 is 12.1 Å². The number of aromatic carboxylic acids is 1. The van der Waals surface area contributed by atoms with Gasteiger partial charge in [0.25, 0.3) is 0 Å². The van der Waals surface area contributed by atoms with Gasteiger partial charge in [-0.2, -0.15) is 0 Å². The number of nitrogens with zero attached hydrogens (tertiary/aromatic N) is 1. The van der Waals surface area contributed by atoms with Gasteiger partial charge in [0.1, 0.15) is 12.4 Å². The van der Waals surface area contributed by atoms with Crippen molar-refractivity contribution in [2.24, 2.45) is 0 Å². The van der Waals surface area contributed by atoms with E-state index in [2.05, 4.69) is 0 Å². The molecule has 1 aliphatic rings. The molecule has 1 aliphatic heterocycles. The summed E-state index contributed by atoms with van der Waals surface area (Å²) in [7, 11) is 0. The van der Waals surface area contributed by atoms with Crippen LogP contribution in [0.2, 0.25) is 0 Å². The highest BCUT2D eigenvalue weighted by atomic mass is 19.1. The zero-order valence-corrected chi connectivity index (χ0v) is 14.2. The van der Waals surface area contributed by atoms with E-state index >= 15 is 0 Å². The molecule has 0 aliphatic carbocycles. The van der Waals surface area contributed by atoms with Crippen LogP contribution in [-0.2, 0) is 11.3 Å². The summed E-state index contributed by atoms with van der Waals surface area (Å²) >= 11 is 0. The number of hydrogen-bond donors (Lipinski definition) is 1. The fraction of sp³-hybridized carbons (Fsp3) is 0.300. The first kappa shape index (κ1) is 17.9. The van der Waals surface area contributed by atoms with Crippen LogP contribution in [0.25, 0.3) is 0 Å². The van der Waals surface area contributed by atoms with Crippen molar-refractivity contribution in [3.05, 3.63) is 71.0 Å². The minimum Gasteiger partial charge on any atom is -0.478 e. The Kier molecular flexibility index (Phi) is 5.51. The molecule has 1 unspecified atom stereocenters. The fourth-order valence-electron chi connectivity index (χ4n) is 3.18. The van der Waals surface area contributed by atoms with Crippen LogP contribution < -0.4 is 0 Å². The van der Waals surface area contributed by atoms with Gasteiger partial charge in [-0.05, 0) is 36.1 Å². The molecule has 3 rings (SSSR count). The summed E-state index contributed by atoms with van der Waals surface area (Å²) in [4.78, 5) is 24.9. The Morgan fingerprint density at radius 2 is 1.96 bits per heavy atom. The molecule has 6 heteroatoms. The highest BCUT2D eigenvalue weighted by molar-refractivity contribution is 5.87. The maximum absolute atomic E-state index is 13.9. The zero-order chi connectivity index (χ0) is 18.5. The number of piperidine rings is 1. The van der Waals surface area contributed by atoms with Crippen molar-refractivity contribution in [3.8, 4) is 0 Å². The van der Waals surface area contributed by atoms with Gasteiger partial charge in [-0.3, -0.25) is 0 Å². The van der Waals surface area contributed by atoms with Gasteiger partial charge in [0, 0.05) is 19.0 Å². The summed E-state index contributed by atoms with van der Waals surface area (Å²) in [5.41, 5.74) is 1.28. The van der Waals surface area contributed by atoms with Crippen LogP contribution in [-0.4, -0.2) is 35.2 Å². The summed E-state index contributed by atoms with van der Waals surface area (Å²) < 4.78 is 19.3. The molecule has 0 bridgehead atoms. The third-order valence-corrected chi connectivity index (χ3v) is 4.58. The zero-order valence-electron chi connectivity index (χ0n) is 14.2. The maximum atomic E-state index is 13.9. The van der Waals surface area contributed by atoms with Crippen LogP contribution in [0, 0.1) is 5.82 Å². The SMILES string of the molecule is O=C(O)c1ccc(C2CCCN(C(=O)OCc3ccccc3)C2)cc1F. The number of carbonyl (C=O) groups is 2. The Morgan fingerprint density at radius 1 is 1.19 bits per heavy atom. The molecule has 1 saturated heterocycles. The van der Waals surface area contributed by atoms with Crippen LogP contribution in [0.5, 0.6) is 0 Å². The van der Waals surface area contributed by atoms with E-state index < -0.39 is 11.8 Å². The lowest BCUT2D eigenvalue weighted by atomic mass is 9.90. The van der Waals surface area contributed by atoms with Crippen molar-refractivity contribution in [3.63, 3.8) is 0 Å². The highest BCUT2D eigenvalue weighted by Gasteiger charge is 2.26. The van der Waals surface area contributed by atoms with Gasteiger partial charge in [0.15, 0.2) is 0 Å². The lowest BCUT2D eigenvalue weighted by Gasteiger charge is -2.32. The number of ether oxygens (including phenoxy) is 1. The van der Waals surface area contributed by atoms with Gasteiger partial charge in [-0.15, -0.1) is 0 Å². The van der Waals surface area contributed by atoms with E-state index in [0.717, 1.165) is 18.4 Å². The smallest absolute Gasteiger partial charge is 0.410 e. The standard InChI is InChI=1S/C20H20FNO4/c21-18-11-15(8-9-17(18)19(23)24)16-7-4-10-22(12-16)20(25)26-13-14-5-2-1-3-6-14/h1-3,5-6,8-9,11,16H,4,7,10,12-13H2,(H,23,24). The number of carboxylic acid groups (broad SMARTS) is 1. The normalized spacial score (nSPS) is 17.0. The molecular weight excluding hydrogens is 337 g/mol. The van der Waals surface area contributed by atoms with E-state index in [1.54, 1.807) is 11.0 Å². The van der Waals surface area contributed by atoms with E-state index in [0.29, 0.717) is 18.7 Å². The fourth-order valence-corrected chi connectivity index (χ4v) is 3.18. The molecule has 5 nitrogen and oxygen atoms in total. The Morgan fingerprint density at radius 3 is 2.65 bits per heavy atom. The number of halogens is 1. The van der Waals surface area contributed by atoms with E-state index in [1.165, 1.54) is 12.1 Å². The highest BCUT2D eigenvalue weighted by Crippen LogP contribution is 2.28. The summed E-state index contributed by atoms with van der Waals surface area (Å²) in [5, 5.41) is 8.93. The first-order valence-electron chi connectivity index (χ1n) is 8.53. The predicted octanol–water partition coefficient (Wildman–Crippen LogP) is 4.04. The Bertz CT molecular complexity index is 794. The van der Waals surface area contributed by atoms with Crippen LogP contribution in [0.4, 0.5) is 9.18 Å². The van der Waals surface area contributed by atoms with E-state index in [9.17, 15) is 14.0 Å². The van der Waals surface area contributed by atoms with E-state index in [-0.39, 0.29) is 24.2 Å². The summed E-state index contributed by atoms with van der Waals surface area (Å²) in [6, 6.07) is 13.6. The maximum Gasteiger partial charge on any atom is 0.410 e. The minimum atomic E-state index is -1.29. The number of hydrogen-bond acceptors (Lipinski definition) is 3. The minimum absolute atomic E-state index is 0.0367. The van der Waals surface area contributed by atoms with Crippen LogP contribution in [0.1, 0.15) is 40.2 Å². The average Bonchev–Trinajstić information content (AvgIpc) is 2.66. The monoisotopic (exact) mass is 357 g/mol. The molecule has 2 aromatic rings. The molecule has 1 N–H and O–H groups in total. The molecule has 26 heavy (non-hydrogen) atoms. The predicted molar refractivity (Wildman–Crippen MR) is 93.5 cm³/mol. The molecule has 2 aromatic carbocycles. The molecule has 136 valence electrons. The van der Waals surface area contributed by atoms with Gasteiger partial charge in [-0.25, -0.2) is 14.0 Å². The molecule has 1 heterocycles. The number of carboxylic acids is 1. The number of rotatable bonds is 4. The Balaban J connectivity index is 1.62. The van der Waals surface area contributed by atoms with Gasteiger partial charge in [0.05, 0.1) is 5.56 Å². The molecule has 0 spiro atoms. The first-order chi connectivity index (χ1) is 12.5. The van der Waals surface area contributed by atoms with Crippen molar-refractivity contribution in [1.29, 1.82) is 0 Å². The lowest BCUT2D eigenvalue weighted by Crippen LogP contribution is -2.39. The number of benzene rings is 2. The first-order valence-corrected chi connectivity index (χ1v) is 8.53. The molecule has 1 atom stereocenters. The van der Waals surface area contributed by atoms with Crippen molar-refractivity contribution >= 4 is 12.1 Å². The van der Waals surface area contributed by atoms with E-state index in [1.807, 2.05) is 30.3 Å². The average molecular weight is 357 g/mol. The molecule has 0 aromatic heterocycles. The van der Waals surface area contributed by atoms with Gasteiger partial charge in [-0.1, -0.05) is 36.4 Å². The largest absolute Gasteiger partial charge is 0.478 e. The molecule has 0 radical (unpaired) electrons.